The van der Waals surface area contributed by atoms with Gasteiger partial charge in [0.25, 0.3) is 0 Å². The molecular weight excluding hydrogens is 120 g/mol. The smallest absolute Gasteiger partial charge is 0.0216 e. The molecule has 0 aromatic rings. The van der Waals surface area contributed by atoms with Crippen LogP contribution in [0.25, 0.3) is 0 Å². The first-order chi connectivity index (χ1) is 4.63. The van der Waals surface area contributed by atoms with Crippen molar-refractivity contribution < 1.29 is 0 Å². The summed E-state index contributed by atoms with van der Waals surface area (Å²) in [6, 6.07) is 0. The van der Waals surface area contributed by atoms with Crippen molar-refractivity contribution in [3.8, 4) is 0 Å². The molecule has 0 aliphatic heterocycles. The van der Waals surface area contributed by atoms with Gasteiger partial charge in [-0.1, -0.05) is 39.2 Å². The normalized spacial score (nSPS) is 12.8. The Morgan fingerprint density at radius 3 is 1.80 bits per heavy atom. The quantitative estimate of drug-likeness (QED) is 0.522. The minimum absolute atomic E-state index is 0.551. The van der Waals surface area contributed by atoms with Crippen LogP contribution in [0.2, 0.25) is 0 Å². The zero-order valence-corrected chi connectivity index (χ0v) is 7.15. The average molecular weight is 136 g/mol. The lowest BCUT2D eigenvalue weighted by Crippen LogP contribution is -1.92. The standard InChI is InChI=1S/C10H16/c1-6-9(5)10(7-2)8(3)4/h6-8H,1-2H2,3-5H3/b10-9+. The fraction of sp³-hybridized carbons (Fsp3) is 0.400. The third kappa shape index (κ3) is 2.22. The van der Waals surface area contributed by atoms with Crippen LogP contribution in [0.3, 0.4) is 0 Å². The van der Waals surface area contributed by atoms with Crippen LogP contribution >= 0.6 is 0 Å². The van der Waals surface area contributed by atoms with Crippen LogP contribution in [0.5, 0.6) is 0 Å². The summed E-state index contributed by atoms with van der Waals surface area (Å²) in [5.41, 5.74) is 2.51. The van der Waals surface area contributed by atoms with E-state index in [-0.39, 0.29) is 0 Å². The maximum atomic E-state index is 3.75. The van der Waals surface area contributed by atoms with Crippen molar-refractivity contribution in [2.75, 3.05) is 0 Å². The van der Waals surface area contributed by atoms with Gasteiger partial charge in [0, 0.05) is 0 Å². The Bertz CT molecular complexity index is 159. The summed E-state index contributed by atoms with van der Waals surface area (Å²) in [5.74, 6) is 0.551. The monoisotopic (exact) mass is 136 g/mol. The van der Waals surface area contributed by atoms with E-state index in [0.717, 1.165) is 0 Å². The zero-order chi connectivity index (χ0) is 8.15. The predicted octanol–water partition coefficient (Wildman–Crippen LogP) is 3.33. The third-order valence-electron chi connectivity index (χ3n) is 1.60. The first kappa shape index (κ1) is 9.22. The van der Waals surface area contributed by atoms with Gasteiger partial charge in [0.2, 0.25) is 0 Å². The molecule has 0 fully saturated rings. The van der Waals surface area contributed by atoms with E-state index >= 15 is 0 Å². The van der Waals surface area contributed by atoms with E-state index in [1.807, 2.05) is 12.2 Å². The predicted molar refractivity (Wildman–Crippen MR) is 47.9 cm³/mol. The lowest BCUT2D eigenvalue weighted by Gasteiger charge is -2.07. The Morgan fingerprint density at radius 1 is 1.20 bits per heavy atom. The largest absolute Gasteiger partial charge is 0.0988 e. The van der Waals surface area contributed by atoms with Crippen molar-refractivity contribution in [3.63, 3.8) is 0 Å². The molecule has 0 saturated heterocycles. The third-order valence-corrected chi connectivity index (χ3v) is 1.60. The fourth-order valence-electron chi connectivity index (χ4n) is 0.970. The maximum Gasteiger partial charge on any atom is -0.0216 e. The summed E-state index contributed by atoms with van der Waals surface area (Å²) < 4.78 is 0. The summed E-state index contributed by atoms with van der Waals surface area (Å²) >= 11 is 0. The highest BCUT2D eigenvalue weighted by Gasteiger charge is 1.99. The van der Waals surface area contributed by atoms with Crippen LogP contribution in [-0.4, -0.2) is 0 Å². The molecule has 0 amide bonds. The van der Waals surface area contributed by atoms with Crippen LogP contribution in [0, 0.1) is 5.92 Å². The van der Waals surface area contributed by atoms with Crippen molar-refractivity contribution in [3.05, 3.63) is 36.5 Å². The van der Waals surface area contributed by atoms with Crippen LogP contribution in [-0.2, 0) is 0 Å². The number of rotatable bonds is 3. The Balaban J connectivity index is 4.61. The van der Waals surface area contributed by atoms with Crippen molar-refractivity contribution in [2.24, 2.45) is 5.92 Å². The fourth-order valence-corrected chi connectivity index (χ4v) is 0.970. The minimum Gasteiger partial charge on any atom is -0.0988 e. The van der Waals surface area contributed by atoms with Gasteiger partial charge < -0.3 is 0 Å². The molecule has 10 heavy (non-hydrogen) atoms. The van der Waals surface area contributed by atoms with Gasteiger partial charge in [0.05, 0.1) is 0 Å². The summed E-state index contributed by atoms with van der Waals surface area (Å²) in [7, 11) is 0. The van der Waals surface area contributed by atoms with Crippen molar-refractivity contribution >= 4 is 0 Å². The second-order valence-electron chi connectivity index (χ2n) is 2.70. The molecule has 0 rings (SSSR count). The van der Waals surface area contributed by atoms with E-state index in [1.54, 1.807) is 0 Å². The SMILES string of the molecule is C=C/C(C)=C(\C=C)C(C)C. The van der Waals surface area contributed by atoms with E-state index in [2.05, 4.69) is 33.9 Å². The summed E-state index contributed by atoms with van der Waals surface area (Å²) in [6.07, 6.45) is 3.78. The topological polar surface area (TPSA) is 0 Å². The Kier molecular flexibility index (Phi) is 3.78. The number of hydrogen-bond acceptors (Lipinski definition) is 0. The summed E-state index contributed by atoms with van der Waals surface area (Å²) in [5, 5.41) is 0. The van der Waals surface area contributed by atoms with Gasteiger partial charge in [-0.3, -0.25) is 0 Å². The van der Waals surface area contributed by atoms with Gasteiger partial charge in [-0.25, -0.2) is 0 Å². The molecule has 0 aromatic carbocycles. The number of hydrogen-bond donors (Lipinski definition) is 0. The molecule has 0 heteroatoms. The van der Waals surface area contributed by atoms with E-state index in [1.165, 1.54) is 11.1 Å². The highest BCUT2D eigenvalue weighted by Crippen LogP contribution is 2.15. The van der Waals surface area contributed by atoms with Gasteiger partial charge in [-0.15, -0.1) is 0 Å². The van der Waals surface area contributed by atoms with Crippen LogP contribution < -0.4 is 0 Å². The molecule has 0 bridgehead atoms. The van der Waals surface area contributed by atoms with Crippen molar-refractivity contribution in [2.45, 2.75) is 20.8 Å². The highest BCUT2D eigenvalue weighted by molar-refractivity contribution is 5.30. The van der Waals surface area contributed by atoms with Gasteiger partial charge in [0.1, 0.15) is 0 Å². The van der Waals surface area contributed by atoms with Crippen LogP contribution in [0.1, 0.15) is 20.8 Å². The van der Waals surface area contributed by atoms with E-state index in [9.17, 15) is 0 Å². The van der Waals surface area contributed by atoms with Gasteiger partial charge >= 0.3 is 0 Å². The average Bonchev–Trinajstić information content (AvgIpc) is 1.88. The molecule has 0 aliphatic rings. The molecule has 0 radical (unpaired) electrons. The second-order valence-corrected chi connectivity index (χ2v) is 2.70. The first-order valence-corrected chi connectivity index (χ1v) is 3.59. The Labute approximate surface area is 64.0 Å². The Hall–Kier alpha value is -0.780. The van der Waals surface area contributed by atoms with E-state index in [0.29, 0.717) is 5.92 Å². The summed E-state index contributed by atoms with van der Waals surface area (Å²) in [4.78, 5) is 0. The van der Waals surface area contributed by atoms with Gasteiger partial charge in [0.15, 0.2) is 0 Å². The minimum atomic E-state index is 0.551. The lowest BCUT2D eigenvalue weighted by molar-refractivity contribution is 0.784. The molecule has 0 nitrogen and oxygen atoms in total. The molecule has 0 aliphatic carbocycles. The molecule has 0 N–H and O–H groups in total. The summed E-state index contributed by atoms with van der Waals surface area (Å²) in [6.45, 7) is 13.8. The number of allylic oxidation sites excluding steroid dienone is 4. The van der Waals surface area contributed by atoms with Gasteiger partial charge in [-0.05, 0) is 24.0 Å². The molecule has 0 unspecified atom stereocenters. The molecule has 0 saturated carbocycles. The zero-order valence-electron chi connectivity index (χ0n) is 7.15. The molecule has 0 atom stereocenters. The lowest BCUT2D eigenvalue weighted by atomic mass is 9.98. The van der Waals surface area contributed by atoms with Crippen LogP contribution in [0.4, 0.5) is 0 Å². The van der Waals surface area contributed by atoms with E-state index < -0.39 is 0 Å². The molecular formula is C10H16. The molecule has 0 spiro atoms. The Morgan fingerprint density at radius 2 is 1.70 bits per heavy atom. The van der Waals surface area contributed by atoms with Crippen molar-refractivity contribution in [1.82, 2.24) is 0 Å². The second kappa shape index (κ2) is 4.10. The van der Waals surface area contributed by atoms with Crippen LogP contribution in [0.15, 0.2) is 36.5 Å². The highest BCUT2D eigenvalue weighted by atomic mass is 14.0. The molecule has 56 valence electrons. The van der Waals surface area contributed by atoms with E-state index in [4.69, 9.17) is 0 Å². The van der Waals surface area contributed by atoms with Gasteiger partial charge in [-0.2, -0.15) is 0 Å². The first-order valence-electron chi connectivity index (χ1n) is 3.59. The van der Waals surface area contributed by atoms with Crippen molar-refractivity contribution in [1.29, 1.82) is 0 Å². The maximum absolute atomic E-state index is 3.75. The molecule has 0 heterocycles. The molecule has 0 aromatic heterocycles.